The monoisotopic (exact) mass is 206 g/mol. The van der Waals surface area contributed by atoms with Crippen LogP contribution in [0.3, 0.4) is 0 Å². The molecule has 1 unspecified atom stereocenters. The van der Waals surface area contributed by atoms with Gasteiger partial charge in [0.2, 0.25) is 0 Å². The second kappa shape index (κ2) is 4.31. The molecule has 2 N–H and O–H groups in total. The molecule has 0 bridgehead atoms. The number of nitrogens with zero attached hydrogens (tertiary/aromatic N) is 1. The van der Waals surface area contributed by atoms with Crippen molar-refractivity contribution >= 4 is 6.02 Å². The standard InChI is InChI=1S/C11H14N2O2/c1-14-7-8-4-2-3-5-9(8)10-6-13-11(12)15-10/h2-5,10H,6-7H2,1H3,(H2,12,13). The SMILES string of the molecule is COCc1ccccc1C1CN=C(N)O1. The van der Waals surface area contributed by atoms with Gasteiger partial charge in [-0.25, -0.2) is 4.99 Å². The lowest BCUT2D eigenvalue weighted by Crippen LogP contribution is -2.14. The van der Waals surface area contributed by atoms with Gasteiger partial charge >= 0.3 is 0 Å². The zero-order chi connectivity index (χ0) is 10.7. The summed E-state index contributed by atoms with van der Waals surface area (Å²) in [4.78, 5) is 4.03. The van der Waals surface area contributed by atoms with E-state index in [0.717, 1.165) is 11.1 Å². The van der Waals surface area contributed by atoms with Crippen LogP contribution < -0.4 is 5.73 Å². The molecule has 0 fully saturated rings. The topological polar surface area (TPSA) is 56.8 Å². The first-order valence-corrected chi connectivity index (χ1v) is 4.84. The molecule has 1 aliphatic heterocycles. The Morgan fingerprint density at radius 1 is 1.53 bits per heavy atom. The molecule has 0 saturated heterocycles. The number of ether oxygens (including phenoxy) is 2. The number of rotatable bonds is 3. The summed E-state index contributed by atoms with van der Waals surface area (Å²) in [6, 6.07) is 8.28. The van der Waals surface area contributed by atoms with E-state index in [1.165, 1.54) is 0 Å². The number of methoxy groups -OCH3 is 1. The summed E-state index contributed by atoms with van der Waals surface area (Å²) < 4.78 is 10.5. The highest BCUT2D eigenvalue weighted by Crippen LogP contribution is 2.25. The maximum Gasteiger partial charge on any atom is 0.282 e. The van der Waals surface area contributed by atoms with E-state index in [2.05, 4.69) is 4.99 Å². The average Bonchev–Trinajstić information content (AvgIpc) is 2.66. The lowest BCUT2D eigenvalue weighted by atomic mass is 10.0. The van der Waals surface area contributed by atoms with Crippen LogP contribution in [-0.2, 0) is 16.1 Å². The van der Waals surface area contributed by atoms with Crippen LogP contribution >= 0.6 is 0 Å². The predicted octanol–water partition coefficient (Wildman–Crippen LogP) is 1.22. The summed E-state index contributed by atoms with van der Waals surface area (Å²) in [7, 11) is 1.68. The van der Waals surface area contributed by atoms with E-state index < -0.39 is 0 Å². The molecule has 0 aromatic heterocycles. The van der Waals surface area contributed by atoms with Gasteiger partial charge in [0, 0.05) is 7.11 Å². The van der Waals surface area contributed by atoms with Crippen LogP contribution in [0.4, 0.5) is 0 Å². The van der Waals surface area contributed by atoms with Gasteiger partial charge in [0.1, 0.15) is 6.10 Å². The van der Waals surface area contributed by atoms with Gasteiger partial charge in [-0.3, -0.25) is 0 Å². The predicted molar refractivity (Wildman–Crippen MR) is 57.5 cm³/mol. The van der Waals surface area contributed by atoms with Gasteiger partial charge in [0.15, 0.2) is 0 Å². The van der Waals surface area contributed by atoms with E-state index >= 15 is 0 Å². The van der Waals surface area contributed by atoms with Crippen LogP contribution in [0.1, 0.15) is 17.2 Å². The third-order valence-electron chi connectivity index (χ3n) is 2.38. The summed E-state index contributed by atoms with van der Waals surface area (Å²) in [5.74, 6) is 0. The molecule has 0 aliphatic carbocycles. The number of amidine groups is 1. The highest BCUT2D eigenvalue weighted by Gasteiger charge is 2.21. The Hall–Kier alpha value is -1.55. The largest absolute Gasteiger partial charge is 0.455 e. The van der Waals surface area contributed by atoms with E-state index in [-0.39, 0.29) is 12.1 Å². The fourth-order valence-corrected chi connectivity index (χ4v) is 1.69. The van der Waals surface area contributed by atoms with Crippen LogP contribution in [0, 0.1) is 0 Å². The summed E-state index contributed by atoms with van der Waals surface area (Å²) in [6.07, 6.45) is -0.0589. The van der Waals surface area contributed by atoms with Gasteiger partial charge in [-0.15, -0.1) is 0 Å². The zero-order valence-corrected chi connectivity index (χ0v) is 8.64. The fraction of sp³-hybridized carbons (Fsp3) is 0.364. The quantitative estimate of drug-likeness (QED) is 0.809. The molecule has 1 atom stereocenters. The van der Waals surface area contributed by atoms with Crippen LogP contribution in [0.25, 0.3) is 0 Å². The maximum atomic E-state index is 5.48. The second-order valence-electron chi connectivity index (χ2n) is 3.42. The van der Waals surface area contributed by atoms with Gasteiger partial charge in [-0.1, -0.05) is 24.3 Å². The zero-order valence-electron chi connectivity index (χ0n) is 8.64. The lowest BCUT2D eigenvalue weighted by molar-refractivity contribution is 0.177. The van der Waals surface area contributed by atoms with Gasteiger partial charge in [0.25, 0.3) is 6.02 Å². The van der Waals surface area contributed by atoms with Crippen LogP contribution in [0.5, 0.6) is 0 Å². The molecule has 4 nitrogen and oxygen atoms in total. The average molecular weight is 206 g/mol. The highest BCUT2D eigenvalue weighted by molar-refractivity contribution is 5.73. The molecule has 15 heavy (non-hydrogen) atoms. The van der Waals surface area contributed by atoms with Crippen molar-refractivity contribution in [1.82, 2.24) is 0 Å². The normalized spacial score (nSPS) is 19.8. The van der Waals surface area contributed by atoms with E-state index in [0.29, 0.717) is 13.2 Å². The summed E-state index contributed by atoms with van der Waals surface area (Å²) in [6.45, 7) is 1.17. The molecule has 2 rings (SSSR count). The van der Waals surface area contributed by atoms with Crippen molar-refractivity contribution in [2.75, 3.05) is 13.7 Å². The highest BCUT2D eigenvalue weighted by atomic mass is 16.5. The molecule has 0 amide bonds. The maximum absolute atomic E-state index is 5.48. The third-order valence-corrected chi connectivity index (χ3v) is 2.38. The van der Waals surface area contributed by atoms with Crippen molar-refractivity contribution in [2.24, 2.45) is 10.7 Å². The Morgan fingerprint density at radius 2 is 2.33 bits per heavy atom. The molecule has 0 saturated carbocycles. The first-order valence-electron chi connectivity index (χ1n) is 4.84. The Labute approximate surface area is 88.7 Å². The minimum atomic E-state index is -0.0589. The first kappa shape index (κ1) is 9.98. The number of hydrogen-bond donors (Lipinski definition) is 1. The van der Waals surface area contributed by atoms with Crippen LogP contribution in [0.2, 0.25) is 0 Å². The molecule has 1 heterocycles. The Morgan fingerprint density at radius 3 is 3.00 bits per heavy atom. The van der Waals surface area contributed by atoms with Crippen molar-refractivity contribution in [2.45, 2.75) is 12.7 Å². The van der Waals surface area contributed by atoms with Gasteiger partial charge in [-0.2, -0.15) is 0 Å². The summed E-state index contributed by atoms with van der Waals surface area (Å²) in [5.41, 5.74) is 7.70. The van der Waals surface area contributed by atoms with Crippen molar-refractivity contribution in [3.8, 4) is 0 Å². The van der Waals surface area contributed by atoms with Crippen LogP contribution in [0.15, 0.2) is 29.3 Å². The third kappa shape index (κ3) is 2.10. The van der Waals surface area contributed by atoms with Crippen molar-refractivity contribution < 1.29 is 9.47 Å². The Bertz CT molecular complexity index is 377. The molecule has 1 aromatic carbocycles. The van der Waals surface area contributed by atoms with Gasteiger partial charge in [0.05, 0.1) is 13.2 Å². The molecule has 80 valence electrons. The fourth-order valence-electron chi connectivity index (χ4n) is 1.69. The molecular formula is C11H14N2O2. The van der Waals surface area contributed by atoms with Crippen molar-refractivity contribution in [1.29, 1.82) is 0 Å². The summed E-state index contributed by atoms with van der Waals surface area (Å²) in [5, 5.41) is 0. The lowest BCUT2D eigenvalue weighted by Gasteiger charge is -2.14. The van der Waals surface area contributed by atoms with E-state index in [4.69, 9.17) is 15.2 Å². The van der Waals surface area contributed by atoms with E-state index in [9.17, 15) is 0 Å². The molecule has 1 aliphatic rings. The Balaban J connectivity index is 2.20. The minimum absolute atomic E-state index is 0.0589. The minimum Gasteiger partial charge on any atom is -0.455 e. The Kier molecular flexibility index (Phi) is 2.87. The second-order valence-corrected chi connectivity index (χ2v) is 3.42. The van der Waals surface area contributed by atoms with Crippen molar-refractivity contribution in [3.05, 3.63) is 35.4 Å². The van der Waals surface area contributed by atoms with Gasteiger partial charge in [-0.05, 0) is 11.1 Å². The summed E-state index contributed by atoms with van der Waals surface area (Å²) >= 11 is 0. The van der Waals surface area contributed by atoms with E-state index in [1.54, 1.807) is 7.11 Å². The molecule has 0 radical (unpaired) electrons. The van der Waals surface area contributed by atoms with Crippen molar-refractivity contribution in [3.63, 3.8) is 0 Å². The first-order chi connectivity index (χ1) is 7.31. The number of nitrogens with two attached hydrogens (primary N) is 1. The van der Waals surface area contributed by atoms with Crippen LogP contribution in [-0.4, -0.2) is 19.7 Å². The number of benzene rings is 1. The molecule has 0 spiro atoms. The molecular weight excluding hydrogens is 192 g/mol. The molecule has 1 aromatic rings. The number of hydrogen-bond acceptors (Lipinski definition) is 4. The van der Waals surface area contributed by atoms with E-state index in [1.807, 2.05) is 24.3 Å². The molecule has 4 heteroatoms. The smallest absolute Gasteiger partial charge is 0.282 e. The van der Waals surface area contributed by atoms with Gasteiger partial charge < -0.3 is 15.2 Å². The number of aliphatic imine (C=N–C) groups is 1.